The second-order valence-electron chi connectivity index (χ2n) is 4.41. The molecule has 0 radical (unpaired) electrons. The van der Waals surface area contributed by atoms with Crippen molar-refractivity contribution >= 4 is 17.8 Å². The minimum atomic E-state index is -0.284. The summed E-state index contributed by atoms with van der Waals surface area (Å²) >= 11 is 0. The van der Waals surface area contributed by atoms with Gasteiger partial charge in [-0.2, -0.15) is 0 Å². The predicted molar refractivity (Wildman–Crippen MR) is 74.2 cm³/mol. The standard InChI is InChI=1S/C15H13N3O/c19-15-13(12-5-1-2-6-14(12)18-15)10-17-9-11-4-3-7-16-8-11/h1-8,10,13H,9H2,(H,18,19). The van der Waals surface area contributed by atoms with E-state index in [1.165, 1.54) is 0 Å². The van der Waals surface area contributed by atoms with Crippen molar-refractivity contribution in [2.45, 2.75) is 12.5 Å². The van der Waals surface area contributed by atoms with E-state index < -0.39 is 0 Å². The summed E-state index contributed by atoms with van der Waals surface area (Å²) in [6.45, 7) is 0.541. The lowest BCUT2D eigenvalue weighted by molar-refractivity contribution is -0.115. The lowest BCUT2D eigenvalue weighted by Crippen LogP contribution is -2.13. The summed E-state index contributed by atoms with van der Waals surface area (Å²) in [5, 5.41) is 2.85. The number of para-hydroxylation sites is 1. The van der Waals surface area contributed by atoms with Gasteiger partial charge in [-0.25, -0.2) is 0 Å². The number of aliphatic imine (C=N–C) groups is 1. The van der Waals surface area contributed by atoms with Gasteiger partial charge < -0.3 is 5.32 Å². The highest BCUT2D eigenvalue weighted by atomic mass is 16.2. The third kappa shape index (κ3) is 2.38. The molecule has 0 saturated heterocycles. The Morgan fingerprint density at radius 1 is 1.26 bits per heavy atom. The summed E-state index contributed by atoms with van der Waals surface area (Å²) in [5.74, 6) is -0.302. The molecule has 4 nitrogen and oxygen atoms in total. The second-order valence-corrected chi connectivity index (χ2v) is 4.41. The van der Waals surface area contributed by atoms with E-state index in [0.717, 1.165) is 16.8 Å². The number of nitrogens with one attached hydrogen (secondary N) is 1. The number of fused-ring (bicyclic) bond motifs is 1. The molecule has 94 valence electrons. The summed E-state index contributed by atoms with van der Waals surface area (Å²) < 4.78 is 0. The monoisotopic (exact) mass is 251 g/mol. The van der Waals surface area contributed by atoms with Crippen LogP contribution in [0.3, 0.4) is 0 Å². The Hall–Kier alpha value is -2.49. The fourth-order valence-corrected chi connectivity index (χ4v) is 2.14. The maximum atomic E-state index is 11.9. The first-order valence-corrected chi connectivity index (χ1v) is 6.13. The van der Waals surface area contributed by atoms with Gasteiger partial charge in [0.2, 0.25) is 5.91 Å². The van der Waals surface area contributed by atoms with Crippen molar-refractivity contribution in [1.82, 2.24) is 4.98 Å². The molecule has 1 amide bonds. The number of carbonyl (C=O) groups excluding carboxylic acids is 1. The summed E-state index contributed by atoms with van der Waals surface area (Å²) in [7, 11) is 0. The quantitative estimate of drug-likeness (QED) is 0.851. The zero-order valence-electron chi connectivity index (χ0n) is 10.3. The molecule has 1 unspecified atom stereocenters. The SMILES string of the molecule is O=C1Nc2ccccc2C1C=NCc1cccnc1. The van der Waals surface area contributed by atoms with E-state index in [1.807, 2.05) is 36.4 Å². The van der Waals surface area contributed by atoms with E-state index in [-0.39, 0.29) is 11.8 Å². The van der Waals surface area contributed by atoms with E-state index in [2.05, 4.69) is 15.3 Å². The number of benzene rings is 1. The van der Waals surface area contributed by atoms with Gasteiger partial charge in [0.15, 0.2) is 0 Å². The number of rotatable bonds is 3. The normalized spacial score (nSPS) is 17.5. The number of carbonyl (C=O) groups is 1. The van der Waals surface area contributed by atoms with Crippen LogP contribution in [0.25, 0.3) is 0 Å². The van der Waals surface area contributed by atoms with Gasteiger partial charge in [0.05, 0.1) is 6.54 Å². The molecular weight excluding hydrogens is 238 g/mol. The van der Waals surface area contributed by atoms with Crippen molar-refractivity contribution in [3.63, 3.8) is 0 Å². The number of nitrogens with zero attached hydrogens (tertiary/aromatic N) is 2. The molecule has 2 aromatic rings. The van der Waals surface area contributed by atoms with Crippen LogP contribution >= 0.6 is 0 Å². The van der Waals surface area contributed by atoms with Crippen LogP contribution in [0, 0.1) is 0 Å². The van der Waals surface area contributed by atoms with E-state index in [4.69, 9.17) is 0 Å². The topological polar surface area (TPSA) is 54.4 Å². The van der Waals surface area contributed by atoms with Gasteiger partial charge in [-0.15, -0.1) is 0 Å². The molecule has 1 aliphatic rings. The molecule has 0 saturated carbocycles. The molecule has 1 aliphatic heterocycles. The Bertz CT molecular complexity index is 622. The second kappa shape index (κ2) is 5.02. The molecule has 1 aromatic heterocycles. The van der Waals surface area contributed by atoms with Crippen molar-refractivity contribution in [2.75, 3.05) is 5.32 Å². The minimum Gasteiger partial charge on any atom is -0.325 e. The summed E-state index contributed by atoms with van der Waals surface area (Å²) in [6.07, 6.45) is 5.22. The minimum absolute atomic E-state index is 0.0175. The molecule has 2 heterocycles. The van der Waals surface area contributed by atoms with Crippen LogP contribution in [-0.4, -0.2) is 17.1 Å². The third-order valence-corrected chi connectivity index (χ3v) is 3.09. The Kier molecular flexibility index (Phi) is 3.06. The van der Waals surface area contributed by atoms with E-state index >= 15 is 0 Å². The van der Waals surface area contributed by atoms with Crippen LogP contribution in [0.4, 0.5) is 5.69 Å². The average Bonchev–Trinajstić information content (AvgIpc) is 2.76. The van der Waals surface area contributed by atoms with Crippen molar-refractivity contribution < 1.29 is 4.79 Å². The first-order valence-electron chi connectivity index (χ1n) is 6.13. The molecule has 19 heavy (non-hydrogen) atoms. The Labute approximate surface area is 111 Å². The first kappa shape index (κ1) is 11.6. The van der Waals surface area contributed by atoms with Crippen LogP contribution < -0.4 is 5.32 Å². The van der Waals surface area contributed by atoms with Crippen molar-refractivity contribution in [2.24, 2.45) is 4.99 Å². The Morgan fingerprint density at radius 2 is 2.16 bits per heavy atom. The van der Waals surface area contributed by atoms with Gasteiger partial charge in [-0.05, 0) is 23.3 Å². The molecular formula is C15H13N3O. The van der Waals surface area contributed by atoms with Gasteiger partial charge >= 0.3 is 0 Å². The number of hydrogen-bond acceptors (Lipinski definition) is 3. The molecule has 0 bridgehead atoms. The van der Waals surface area contributed by atoms with Gasteiger partial charge in [-0.1, -0.05) is 24.3 Å². The number of pyridine rings is 1. The highest BCUT2D eigenvalue weighted by molar-refractivity contribution is 6.12. The van der Waals surface area contributed by atoms with Crippen LogP contribution in [-0.2, 0) is 11.3 Å². The third-order valence-electron chi connectivity index (χ3n) is 3.09. The van der Waals surface area contributed by atoms with Gasteiger partial charge in [0, 0.05) is 24.3 Å². The summed E-state index contributed by atoms with van der Waals surface area (Å²) in [5.41, 5.74) is 2.90. The Balaban J connectivity index is 1.75. The summed E-state index contributed by atoms with van der Waals surface area (Å²) in [6, 6.07) is 11.5. The van der Waals surface area contributed by atoms with Gasteiger partial charge in [-0.3, -0.25) is 14.8 Å². The summed E-state index contributed by atoms with van der Waals surface area (Å²) in [4.78, 5) is 20.2. The van der Waals surface area contributed by atoms with Gasteiger partial charge in [0.25, 0.3) is 0 Å². The average molecular weight is 251 g/mol. The number of aromatic nitrogens is 1. The first-order chi connectivity index (χ1) is 9.34. The fraction of sp³-hybridized carbons (Fsp3) is 0.133. The van der Waals surface area contributed by atoms with Crippen LogP contribution in [0.2, 0.25) is 0 Å². The molecule has 1 aromatic carbocycles. The van der Waals surface area contributed by atoms with E-state index in [9.17, 15) is 4.79 Å². The van der Waals surface area contributed by atoms with Crippen molar-refractivity contribution in [1.29, 1.82) is 0 Å². The molecule has 1 N–H and O–H groups in total. The smallest absolute Gasteiger partial charge is 0.237 e. The highest BCUT2D eigenvalue weighted by Gasteiger charge is 2.28. The van der Waals surface area contributed by atoms with Crippen LogP contribution in [0.5, 0.6) is 0 Å². The van der Waals surface area contributed by atoms with Crippen LogP contribution in [0.1, 0.15) is 17.0 Å². The molecule has 0 spiro atoms. The molecule has 0 fully saturated rings. The van der Waals surface area contributed by atoms with Crippen LogP contribution in [0.15, 0.2) is 53.8 Å². The molecule has 3 rings (SSSR count). The Morgan fingerprint density at radius 3 is 3.00 bits per heavy atom. The number of anilines is 1. The number of amides is 1. The van der Waals surface area contributed by atoms with Crippen molar-refractivity contribution in [3.8, 4) is 0 Å². The maximum absolute atomic E-state index is 11.9. The zero-order chi connectivity index (χ0) is 13.1. The largest absolute Gasteiger partial charge is 0.325 e. The van der Waals surface area contributed by atoms with E-state index in [1.54, 1.807) is 18.6 Å². The molecule has 1 atom stereocenters. The van der Waals surface area contributed by atoms with E-state index in [0.29, 0.717) is 6.54 Å². The zero-order valence-corrected chi connectivity index (χ0v) is 10.3. The lowest BCUT2D eigenvalue weighted by Gasteiger charge is -2.01. The number of hydrogen-bond donors (Lipinski definition) is 1. The molecule has 4 heteroatoms. The predicted octanol–water partition coefficient (Wildman–Crippen LogP) is 2.39. The molecule has 0 aliphatic carbocycles. The maximum Gasteiger partial charge on any atom is 0.237 e. The lowest BCUT2D eigenvalue weighted by atomic mass is 10.0. The van der Waals surface area contributed by atoms with Gasteiger partial charge in [0.1, 0.15) is 5.92 Å². The fourth-order valence-electron chi connectivity index (χ4n) is 2.14. The highest BCUT2D eigenvalue weighted by Crippen LogP contribution is 2.30. The van der Waals surface area contributed by atoms with Crippen molar-refractivity contribution in [3.05, 3.63) is 59.9 Å².